The highest BCUT2D eigenvalue weighted by Gasteiger charge is 2.52. The van der Waals surface area contributed by atoms with Crippen molar-refractivity contribution in [1.82, 2.24) is 4.57 Å². The van der Waals surface area contributed by atoms with Crippen LogP contribution in [0.15, 0.2) is 23.1 Å². The van der Waals surface area contributed by atoms with E-state index in [-0.39, 0.29) is 46.8 Å². The Morgan fingerprint density at radius 2 is 2.00 bits per heavy atom. The molecular weight excluding hydrogens is 417 g/mol. The number of pyridine rings is 1. The number of nitrogens with zero attached hydrogens (tertiary/aromatic N) is 2. The number of ether oxygens (including phenoxy) is 1. The fourth-order valence-electron chi connectivity index (χ4n) is 5.12. The van der Waals surface area contributed by atoms with Gasteiger partial charge in [0.05, 0.1) is 23.7 Å². The molecule has 1 aromatic carbocycles. The van der Waals surface area contributed by atoms with Crippen molar-refractivity contribution in [3.8, 4) is 0 Å². The molecular formula is C23H26FN3O5. The number of rotatable bonds is 6. The third-order valence-corrected chi connectivity index (χ3v) is 7.00. The Kier molecular flexibility index (Phi) is 4.96. The minimum atomic E-state index is -1.32. The number of carbonyl (C=O) groups excluding carboxylic acids is 1. The summed E-state index contributed by atoms with van der Waals surface area (Å²) < 4.78 is 22.1. The molecule has 1 saturated heterocycles. The van der Waals surface area contributed by atoms with Crippen LogP contribution in [0.3, 0.4) is 0 Å². The molecule has 170 valence electrons. The lowest BCUT2D eigenvalue weighted by Crippen LogP contribution is -2.31. The molecule has 2 saturated carbocycles. The molecule has 0 amide bonds. The Balaban J connectivity index is 1.48. The van der Waals surface area contributed by atoms with Crippen LogP contribution < -0.4 is 16.1 Å². The average Bonchev–Trinajstić information content (AvgIpc) is 3.66. The topological polar surface area (TPSA) is 115 Å². The Labute approximate surface area is 183 Å². The molecule has 3 aliphatic rings. The molecule has 1 aliphatic heterocycles. The smallest absolute Gasteiger partial charge is 0.341 e. The highest BCUT2D eigenvalue weighted by atomic mass is 19.1. The third kappa shape index (κ3) is 3.44. The SMILES string of the molecule is CCOC(=O)[C@@H]1C[C@H]1[C@@H]1CN(c2cc3c(cc2F)c(=O)c(C(=O)O)cn3C2CC2)C[C@H]1N. The molecule has 2 heterocycles. The van der Waals surface area contributed by atoms with Gasteiger partial charge in [-0.05, 0) is 50.2 Å². The molecule has 0 unspecified atom stereocenters. The Morgan fingerprint density at radius 1 is 1.25 bits per heavy atom. The van der Waals surface area contributed by atoms with Crippen molar-refractivity contribution < 1.29 is 23.8 Å². The Hall–Kier alpha value is -2.94. The summed E-state index contributed by atoms with van der Waals surface area (Å²) in [7, 11) is 0. The van der Waals surface area contributed by atoms with E-state index in [0.29, 0.717) is 30.9 Å². The van der Waals surface area contributed by atoms with Crippen LogP contribution in [0.25, 0.3) is 10.9 Å². The van der Waals surface area contributed by atoms with Gasteiger partial charge in [-0.15, -0.1) is 0 Å². The first-order valence-corrected chi connectivity index (χ1v) is 11.1. The van der Waals surface area contributed by atoms with Crippen molar-refractivity contribution in [2.24, 2.45) is 23.5 Å². The van der Waals surface area contributed by atoms with Crippen molar-refractivity contribution in [1.29, 1.82) is 0 Å². The van der Waals surface area contributed by atoms with Crippen LogP contribution in [0.2, 0.25) is 0 Å². The normalized spacial score (nSPS) is 27.0. The van der Waals surface area contributed by atoms with Crippen LogP contribution in [0.1, 0.15) is 42.6 Å². The molecule has 3 fully saturated rings. The molecule has 8 nitrogen and oxygen atoms in total. The molecule has 2 aliphatic carbocycles. The summed E-state index contributed by atoms with van der Waals surface area (Å²) in [5.41, 5.74) is 6.23. The second-order valence-electron chi connectivity index (χ2n) is 9.13. The molecule has 1 aromatic heterocycles. The van der Waals surface area contributed by atoms with E-state index in [4.69, 9.17) is 10.5 Å². The first kappa shape index (κ1) is 20.9. The minimum absolute atomic E-state index is 0.0551. The van der Waals surface area contributed by atoms with E-state index < -0.39 is 17.2 Å². The van der Waals surface area contributed by atoms with Crippen molar-refractivity contribution >= 4 is 28.5 Å². The number of benzene rings is 1. The average molecular weight is 443 g/mol. The zero-order valence-corrected chi connectivity index (χ0v) is 17.8. The van der Waals surface area contributed by atoms with Crippen molar-refractivity contribution in [3.63, 3.8) is 0 Å². The number of fused-ring (bicyclic) bond motifs is 1. The highest BCUT2D eigenvalue weighted by molar-refractivity contribution is 5.93. The second kappa shape index (κ2) is 7.58. The van der Waals surface area contributed by atoms with Gasteiger partial charge in [-0.2, -0.15) is 0 Å². The van der Waals surface area contributed by atoms with Crippen LogP contribution in [0.4, 0.5) is 10.1 Å². The molecule has 0 spiro atoms. The number of esters is 1. The number of anilines is 1. The first-order valence-electron chi connectivity index (χ1n) is 11.1. The fraction of sp³-hybridized carbons (Fsp3) is 0.522. The van der Waals surface area contributed by atoms with Crippen LogP contribution >= 0.6 is 0 Å². The predicted octanol–water partition coefficient (Wildman–Crippen LogP) is 2.14. The number of carboxylic acids is 1. The minimum Gasteiger partial charge on any atom is -0.477 e. The van der Waals surface area contributed by atoms with Gasteiger partial charge in [-0.25, -0.2) is 9.18 Å². The lowest BCUT2D eigenvalue weighted by Gasteiger charge is -2.21. The third-order valence-electron chi connectivity index (χ3n) is 7.00. The van der Waals surface area contributed by atoms with Gasteiger partial charge in [0.25, 0.3) is 0 Å². The van der Waals surface area contributed by atoms with E-state index in [1.807, 2.05) is 4.90 Å². The van der Waals surface area contributed by atoms with Gasteiger partial charge in [-0.1, -0.05) is 0 Å². The number of hydrogen-bond acceptors (Lipinski definition) is 6. The molecule has 0 bridgehead atoms. The van der Waals surface area contributed by atoms with Crippen LogP contribution in [0, 0.1) is 23.6 Å². The van der Waals surface area contributed by atoms with Gasteiger partial charge in [0.15, 0.2) is 0 Å². The van der Waals surface area contributed by atoms with E-state index in [9.17, 15) is 19.5 Å². The number of aromatic carboxylic acids is 1. The van der Waals surface area contributed by atoms with Crippen LogP contribution in [-0.4, -0.2) is 47.4 Å². The maximum absolute atomic E-state index is 15.2. The van der Waals surface area contributed by atoms with Crippen molar-refractivity contribution in [2.75, 3.05) is 24.6 Å². The quantitative estimate of drug-likeness (QED) is 0.658. The van der Waals surface area contributed by atoms with Crippen LogP contribution in [0.5, 0.6) is 0 Å². The van der Waals surface area contributed by atoms with Gasteiger partial charge in [-0.3, -0.25) is 9.59 Å². The summed E-state index contributed by atoms with van der Waals surface area (Å²) in [4.78, 5) is 38.1. The predicted molar refractivity (Wildman–Crippen MR) is 115 cm³/mol. The van der Waals surface area contributed by atoms with E-state index in [0.717, 1.165) is 25.3 Å². The lowest BCUT2D eigenvalue weighted by molar-refractivity contribution is -0.145. The number of hydrogen-bond donors (Lipinski definition) is 2. The number of halogens is 1. The molecule has 9 heteroatoms. The summed E-state index contributed by atoms with van der Waals surface area (Å²) in [6.45, 7) is 3.09. The van der Waals surface area contributed by atoms with E-state index in [1.54, 1.807) is 17.6 Å². The summed E-state index contributed by atoms with van der Waals surface area (Å²) in [6, 6.07) is 2.70. The Morgan fingerprint density at radius 3 is 2.66 bits per heavy atom. The Bertz CT molecular complexity index is 1170. The van der Waals surface area contributed by atoms with Crippen molar-refractivity contribution in [3.05, 3.63) is 39.9 Å². The second-order valence-corrected chi connectivity index (χ2v) is 9.13. The lowest BCUT2D eigenvalue weighted by atomic mass is 9.97. The van der Waals surface area contributed by atoms with Gasteiger partial charge in [0.2, 0.25) is 5.43 Å². The molecule has 2 aromatic rings. The number of carbonyl (C=O) groups is 2. The molecule has 3 N–H and O–H groups in total. The summed E-state index contributed by atoms with van der Waals surface area (Å²) in [5, 5.41) is 9.47. The van der Waals surface area contributed by atoms with E-state index in [2.05, 4.69) is 0 Å². The highest BCUT2D eigenvalue weighted by Crippen LogP contribution is 2.48. The van der Waals surface area contributed by atoms with E-state index in [1.165, 1.54) is 6.20 Å². The van der Waals surface area contributed by atoms with Gasteiger partial charge < -0.3 is 25.0 Å². The molecule has 32 heavy (non-hydrogen) atoms. The van der Waals surface area contributed by atoms with Crippen LogP contribution in [-0.2, 0) is 9.53 Å². The van der Waals surface area contributed by atoms with Gasteiger partial charge >= 0.3 is 11.9 Å². The maximum atomic E-state index is 15.2. The monoisotopic (exact) mass is 443 g/mol. The zero-order valence-electron chi connectivity index (χ0n) is 17.8. The largest absolute Gasteiger partial charge is 0.477 e. The summed E-state index contributed by atoms with van der Waals surface area (Å²) in [5.74, 6) is -2.03. The summed E-state index contributed by atoms with van der Waals surface area (Å²) in [6.07, 6.45) is 3.89. The maximum Gasteiger partial charge on any atom is 0.341 e. The number of nitrogens with two attached hydrogens (primary N) is 1. The van der Waals surface area contributed by atoms with E-state index >= 15 is 4.39 Å². The fourth-order valence-corrected chi connectivity index (χ4v) is 5.12. The molecule has 4 atom stereocenters. The number of carboxylic acid groups (broad SMARTS) is 1. The molecule has 0 radical (unpaired) electrons. The number of aromatic nitrogens is 1. The van der Waals surface area contributed by atoms with Gasteiger partial charge in [0, 0.05) is 36.8 Å². The van der Waals surface area contributed by atoms with Crippen molar-refractivity contribution in [2.45, 2.75) is 38.3 Å². The molecule has 5 rings (SSSR count). The standard InChI is InChI=1S/C23H26FN3O5/c1-2-32-23(31)13-5-12(13)15-8-26(10-18(15)25)20-7-19-14(6-17(20)24)21(28)16(22(29)30)9-27(19)11-3-4-11/h6-7,9,11-13,15,18H,2-5,8,10,25H2,1H3,(H,29,30)/t12-,13-,15+,18-/m1/s1. The first-order chi connectivity index (χ1) is 15.3. The summed E-state index contributed by atoms with van der Waals surface area (Å²) >= 11 is 0. The van der Waals surface area contributed by atoms with Gasteiger partial charge in [0.1, 0.15) is 11.4 Å². The zero-order chi connectivity index (χ0) is 22.7.